The summed E-state index contributed by atoms with van der Waals surface area (Å²) in [6, 6.07) is -0.172. The van der Waals surface area contributed by atoms with Crippen molar-refractivity contribution in [2.75, 3.05) is 13.1 Å². The van der Waals surface area contributed by atoms with Crippen LogP contribution in [0.2, 0.25) is 0 Å². The molecule has 2 unspecified atom stereocenters. The molecule has 1 aliphatic heterocycles. The maximum atomic E-state index is 12.3. The highest BCUT2D eigenvalue weighted by Crippen LogP contribution is 2.19. The Bertz CT molecular complexity index is 355. The summed E-state index contributed by atoms with van der Waals surface area (Å²) < 4.78 is 0. The molecule has 1 fully saturated rings. The summed E-state index contributed by atoms with van der Waals surface area (Å²) in [7, 11) is 0. The topological polar surface area (TPSA) is 66.6 Å². The first-order chi connectivity index (χ1) is 9.25. The molecule has 20 heavy (non-hydrogen) atoms. The Morgan fingerprint density at radius 2 is 1.85 bits per heavy atom. The van der Waals surface area contributed by atoms with E-state index in [0.717, 1.165) is 19.4 Å². The van der Waals surface area contributed by atoms with Crippen LogP contribution in [-0.2, 0) is 9.59 Å². The van der Waals surface area contributed by atoms with Crippen LogP contribution in [0.25, 0.3) is 0 Å². The Morgan fingerprint density at radius 3 is 2.30 bits per heavy atom. The smallest absolute Gasteiger partial charge is 0.239 e. The van der Waals surface area contributed by atoms with Gasteiger partial charge in [-0.25, -0.2) is 0 Å². The molecule has 0 spiro atoms. The fourth-order valence-electron chi connectivity index (χ4n) is 2.92. The molecule has 1 heterocycles. The van der Waals surface area contributed by atoms with Gasteiger partial charge < -0.3 is 15.5 Å². The highest BCUT2D eigenvalue weighted by atomic mass is 16.2. The highest BCUT2D eigenvalue weighted by molar-refractivity contribution is 5.82. The van der Waals surface area contributed by atoms with Crippen LogP contribution >= 0.6 is 0 Å². The number of nitrogens with zero attached hydrogens (tertiary/aromatic N) is 2. The normalized spacial score (nSPS) is 21.2. The van der Waals surface area contributed by atoms with E-state index in [1.54, 1.807) is 6.92 Å². The Kier molecular flexibility index (Phi) is 5.99. The summed E-state index contributed by atoms with van der Waals surface area (Å²) >= 11 is 0. The number of carbonyl (C=O) groups excluding carboxylic acids is 2. The monoisotopic (exact) mass is 283 g/mol. The van der Waals surface area contributed by atoms with Crippen molar-refractivity contribution in [3.8, 4) is 0 Å². The molecule has 0 saturated carbocycles. The maximum Gasteiger partial charge on any atom is 0.239 e. The van der Waals surface area contributed by atoms with Gasteiger partial charge in [0.1, 0.15) is 0 Å². The number of hydrogen-bond acceptors (Lipinski definition) is 3. The van der Waals surface area contributed by atoms with E-state index >= 15 is 0 Å². The minimum absolute atomic E-state index is 0.0111. The molecule has 5 heteroatoms. The molecule has 1 saturated heterocycles. The van der Waals surface area contributed by atoms with Crippen molar-refractivity contribution in [2.24, 2.45) is 11.7 Å². The third-order valence-electron chi connectivity index (χ3n) is 4.02. The largest absolute Gasteiger partial charge is 0.339 e. The van der Waals surface area contributed by atoms with Crippen LogP contribution in [0.4, 0.5) is 0 Å². The molecule has 1 aliphatic rings. The van der Waals surface area contributed by atoms with Crippen molar-refractivity contribution >= 4 is 11.8 Å². The van der Waals surface area contributed by atoms with Crippen LogP contribution in [0.1, 0.15) is 47.5 Å². The Balaban J connectivity index is 2.76. The van der Waals surface area contributed by atoms with Crippen LogP contribution in [0.5, 0.6) is 0 Å². The lowest BCUT2D eigenvalue weighted by Gasteiger charge is -2.41. The third kappa shape index (κ3) is 3.95. The van der Waals surface area contributed by atoms with Crippen LogP contribution < -0.4 is 5.73 Å². The van der Waals surface area contributed by atoms with E-state index in [1.165, 1.54) is 0 Å². The lowest BCUT2D eigenvalue weighted by atomic mass is 9.99. The molecule has 0 aromatic carbocycles. The van der Waals surface area contributed by atoms with Crippen LogP contribution in [0.15, 0.2) is 0 Å². The van der Waals surface area contributed by atoms with E-state index < -0.39 is 6.04 Å². The predicted octanol–water partition coefficient (Wildman–Crippen LogP) is 1.22. The first kappa shape index (κ1) is 17.0. The van der Waals surface area contributed by atoms with E-state index in [0.29, 0.717) is 6.54 Å². The first-order valence-corrected chi connectivity index (χ1v) is 7.59. The lowest BCUT2D eigenvalue weighted by Crippen LogP contribution is -2.56. The van der Waals surface area contributed by atoms with Crippen molar-refractivity contribution in [3.05, 3.63) is 0 Å². The maximum absolute atomic E-state index is 12.3. The summed E-state index contributed by atoms with van der Waals surface area (Å²) in [5, 5.41) is 0. The number of hydrogen-bond donors (Lipinski definition) is 1. The van der Waals surface area contributed by atoms with Crippen molar-refractivity contribution in [1.82, 2.24) is 9.80 Å². The second-order valence-electron chi connectivity index (χ2n) is 6.37. The van der Waals surface area contributed by atoms with Gasteiger partial charge in [-0.1, -0.05) is 13.8 Å². The SMILES string of the molecule is CC(=O)N(C(C)C)C1CCCN(C(=O)C(N)C(C)C)C1. The highest BCUT2D eigenvalue weighted by Gasteiger charge is 2.32. The number of likely N-dealkylation sites (tertiary alicyclic amines) is 1. The second-order valence-corrected chi connectivity index (χ2v) is 6.37. The number of amides is 2. The molecular formula is C15H29N3O2. The van der Waals surface area contributed by atoms with Crippen LogP contribution in [0.3, 0.4) is 0 Å². The molecule has 0 aromatic rings. The van der Waals surface area contributed by atoms with Gasteiger partial charge in [-0.3, -0.25) is 9.59 Å². The van der Waals surface area contributed by atoms with Crippen molar-refractivity contribution in [3.63, 3.8) is 0 Å². The summed E-state index contributed by atoms with van der Waals surface area (Å²) in [4.78, 5) is 27.9. The number of rotatable bonds is 4. The molecule has 0 aliphatic carbocycles. The molecule has 2 atom stereocenters. The van der Waals surface area contributed by atoms with E-state index in [4.69, 9.17) is 5.73 Å². The molecule has 1 rings (SSSR count). The quantitative estimate of drug-likeness (QED) is 0.843. The fraction of sp³-hybridized carbons (Fsp3) is 0.867. The standard InChI is InChI=1S/C15H29N3O2/c1-10(2)14(16)15(20)17-8-6-7-13(9-17)18(11(3)4)12(5)19/h10-11,13-14H,6-9,16H2,1-5H3. The fourth-order valence-corrected chi connectivity index (χ4v) is 2.92. The van der Waals surface area contributed by atoms with Gasteiger partial charge >= 0.3 is 0 Å². The van der Waals surface area contributed by atoms with E-state index in [2.05, 4.69) is 0 Å². The molecule has 116 valence electrons. The van der Waals surface area contributed by atoms with Crippen LogP contribution in [0, 0.1) is 5.92 Å². The Morgan fingerprint density at radius 1 is 1.25 bits per heavy atom. The van der Waals surface area contributed by atoms with E-state index in [1.807, 2.05) is 37.5 Å². The minimum Gasteiger partial charge on any atom is -0.339 e. The second kappa shape index (κ2) is 7.07. The third-order valence-corrected chi connectivity index (χ3v) is 4.02. The van der Waals surface area contributed by atoms with Gasteiger partial charge in [0.25, 0.3) is 0 Å². The number of nitrogens with two attached hydrogens (primary N) is 1. The molecule has 0 radical (unpaired) electrons. The number of carbonyl (C=O) groups is 2. The van der Waals surface area contributed by atoms with Gasteiger partial charge in [0, 0.05) is 32.1 Å². The van der Waals surface area contributed by atoms with Gasteiger partial charge in [0.05, 0.1) is 6.04 Å². The summed E-state index contributed by atoms with van der Waals surface area (Å²) in [6.07, 6.45) is 1.89. The molecule has 2 amide bonds. The van der Waals surface area contributed by atoms with Gasteiger partial charge in [-0.2, -0.15) is 0 Å². The molecule has 0 bridgehead atoms. The Hall–Kier alpha value is -1.10. The van der Waals surface area contributed by atoms with E-state index in [-0.39, 0.29) is 29.8 Å². The van der Waals surface area contributed by atoms with Gasteiger partial charge in [0.2, 0.25) is 11.8 Å². The molecular weight excluding hydrogens is 254 g/mol. The Labute approximate surface area is 122 Å². The van der Waals surface area contributed by atoms with Gasteiger partial charge in [-0.15, -0.1) is 0 Å². The minimum atomic E-state index is -0.446. The van der Waals surface area contributed by atoms with Crippen molar-refractivity contribution < 1.29 is 9.59 Å². The predicted molar refractivity (Wildman–Crippen MR) is 80.1 cm³/mol. The van der Waals surface area contributed by atoms with E-state index in [9.17, 15) is 9.59 Å². The van der Waals surface area contributed by atoms with Gasteiger partial charge in [0.15, 0.2) is 0 Å². The van der Waals surface area contributed by atoms with Gasteiger partial charge in [-0.05, 0) is 32.6 Å². The first-order valence-electron chi connectivity index (χ1n) is 7.59. The summed E-state index contributed by atoms with van der Waals surface area (Å²) in [6.45, 7) is 10.9. The zero-order valence-corrected chi connectivity index (χ0v) is 13.4. The average Bonchev–Trinajstić information content (AvgIpc) is 2.36. The van der Waals surface area contributed by atoms with Crippen LogP contribution in [-0.4, -0.2) is 52.8 Å². The summed E-state index contributed by atoms with van der Waals surface area (Å²) in [5.74, 6) is 0.223. The summed E-state index contributed by atoms with van der Waals surface area (Å²) in [5.41, 5.74) is 5.96. The lowest BCUT2D eigenvalue weighted by molar-refractivity contribution is -0.141. The average molecular weight is 283 g/mol. The zero-order chi connectivity index (χ0) is 15.4. The molecule has 5 nitrogen and oxygen atoms in total. The van der Waals surface area contributed by atoms with Crippen molar-refractivity contribution in [1.29, 1.82) is 0 Å². The zero-order valence-electron chi connectivity index (χ0n) is 13.4. The molecule has 2 N–H and O–H groups in total. The van der Waals surface area contributed by atoms with Crippen molar-refractivity contribution in [2.45, 2.75) is 65.6 Å². The number of piperidine rings is 1. The molecule has 0 aromatic heterocycles.